The number of ether oxygens (including phenoxy) is 5. The van der Waals surface area contributed by atoms with Gasteiger partial charge in [0.15, 0.2) is 0 Å². The highest BCUT2D eigenvalue weighted by atomic mass is 16.7. The molecule has 0 aromatic carbocycles. The minimum atomic E-state index is -2.51. The standard InChI is InChI=1S/C44H69NO12/c1-10-13-31-19-25(2)18-26(3)20-37(54-8)40-38(55-9)22-28(5)44(52,57-40)41(49)42(50)45-17-12-11-14-32(45)43(51)56-39(29(6)34(47)24-35(31)48)27(4)21-30-15-16-33(46)36(23-30)53-7/h10,19,21,26,28-34,36-40,46-47,52H,1,11-18,20,22-24H2,2-9H3/b25-19-,27-21+/t26-,28+,29+,30-,31?,32-,33+,34-,36+,37?,38-,39+,40+,44+/m1/s1. The van der Waals surface area contributed by atoms with Gasteiger partial charge in [-0.2, -0.15) is 0 Å². The molecule has 0 spiro atoms. The molecule has 4 rings (SSSR count). The quantitative estimate of drug-likeness (QED) is 0.185. The van der Waals surface area contributed by atoms with E-state index in [1.54, 1.807) is 27.0 Å². The molecule has 13 nitrogen and oxygen atoms in total. The topological polar surface area (TPSA) is 178 Å². The van der Waals surface area contributed by atoms with Crippen molar-refractivity contribution < 1.29 is 58.2 Å². The van der Waals surface area contributed by atoms with Gasteiger partial charge in [0.2, 0.25) is 5.79 Å². The lowest BCUT2D eigenvalue weighted by Gasteiger charge is -2.47. The number of aliphatic hydroxyl groups excluding tert-OH is 2. The molecule has 0 aromatic heterocycles. The SMILES string of the molecule is C=CCC1/C=C(/C)C[C@@H](C)CC(OC)[C@@H]2O[C@](O)(C(=O)C(=O)N3CCCC[C@@H]3C(=O)O[C@@H](/C(C)=C/[C@H]3CC[C@H](O)[C@@H](OC)C3)[C@@H](C)[C@H](O)CC1=O)[C@@H](C)C[C@H]2OC. The summed E-state index contributed by atoms with van der Waals surface area (Å²) in [6, 6.07) is -1.14. The summed E-state index contributed by atoms with van der Waals surface area (Å²) < 4.78 is 29.7. The predicted molar refractivity (Wildman–Crippen MR) is 213 cm³/mol. The Morgan fingerprint density at radius 3 is 2.25 bits per heavy atom. The van der Waals surface area contributed by atoms with E-state index in [0.29, 0.717) is 56.9 Å². The Morgan fingerprint density at radius 2 is 1.60 bits per heavy atom. The van der Waals surface area contributed by atoms with Crippen molar-refractivity contribution >= 4 is 23.4 Å². The van der Waals surface area contributed by atoms with Gasteiger partial charge in [0.05, 0.1) is 30.5 Å². The van der Waals surface area contributed by atoms with Gasteiger partial charge in [-0.1, -0.05) is 44.6 Å². The molecule has 1 saturated carbocycles. The number of hydrogen-bond donors (Lipinski definition) is 3. The maximum absolute atomic E-state index is 14.3. The lowest BCUT2D eigenvalue weighted by atomic mass is 9.81. The molecule has 2 bridgehead atoms. The van der Waals surface area contributed by atoms with Crippen molar-refractivity contribution in [3.8, 4) is 0 Å². The van der Waals surface area contributed by atoms with Crippen molar-refractivity contribution in [3.05, 3.63) is 36.0 Å². The van der Waals surface area contributed by atoms with Crippen LogP contribution in [0.3, 0.4) is 0 Å². The van der Waals surface area contributed by atoms with E-state index in [0.717, 1.165) is 5.57 Å². The first-order valence-corrected chi connectivity index (χ1v) is 20.9. The molecule has 322 valence electrons. The van der Waals surface area contributed by atoms with Gasteiger partial charge >= 0.3 is 5.97 Å². The summed E-state index contributed by atoms with van der Waals surface area (Å²) in [5.74, 6) is -7.76. The highest BCUT2D eigenvalue weighted by Crippen LogP contribution is 2.39. The highest BCUT2D eigenvalue weighted by Gasteiger charge is 2.56. The molecule has 1 amide bonds. The maximum Gasteiger partial charge on any atom is 0.329 e. The molecule has 2 saturated heterocycles. The molecule has 57 heavy (non-hydrogen) atoms. The van der Waals surface area contributed by atoms with Crippen molar-refractivity contribution in [2.75, 3.05) is 27.9 Å². The summed E-state index contributed by atoms with van der Waals surface area (Å²) in [5, 5.41) is 34.1. The number of methoxy groups -OCH3 is 3. The molecule has 0 radical (unpaired) electrons. The molecule has 0 aromatic rings. The lowest BCUT2D eigenvalue weighted by Crippen LogP contribution is -2.64. The third-order valence-corrected chi connectivity index (χ3v) is 12.9. The molecule has 3 heterocycles. The average molecular weight is 804 g/mol. The van der Waals surface area contributed by atoms with Gasteiger partial charge in [-0.25, -0.2) is 4.79 Å². The Hall–Kier alpha value is -2.78. The van der Waals surface area contributed by atoms with Gasteiger partial charge in [-0.05, 0) is 95.5 Å². The van der Waals surface area contributed by atoms with Crippen molar-refractivity contribution in [2.24, 2.45) is 29.6 Å². The molecule has 14 atom stereocenters. The van der Waals surface area contributed by atoms with Gasteiger partial charge in [0, 0.05) is 52.0 Å². The number of carbonyl (C=O) groups excluding carboxylic acids is 4. The number of esters is 1. The fourth-order valence-electron chi connectivity index (χ4n) is 9.42. The summed E-state index contributed by atoms with van der Waals surface area (Å²) in [5.41, 5.74) is 1.61. The van der Waals surface area contributed by atoms with Crippen molar-refractivity contribution in [2.45, 2.75) is 160 Å². The Balaban J connectivity index is 1.78. The van der Waals surface area contributed by atoms with Crippen LogP contribution in [0.1, 0.15) is 105 Å². The Kier molecular flexibility index (Phi) is 17.2. The summed E-state index contributed by atoms with van der Waals surface area (Å²) in [7, 11) is 4.61. The Labute approximate surface area is 339 Å². The molecular formula is C44H69NO12. The predicted octanol–water partition coefficient (Wildman–Crippen LogP) is 4.64. The van der Waals surface area contributed by atoms with Crippen LogP contribution in [0.4, 0.5) is 0 Å². The Bertz CT molecular complexity index is 1480. The summed E-state index contributed by atoms with van der Waals surface area (Å²) in [4.78, 5) is 57.8. The number of aliphatic hydroxyl groups is 3. The lowest BCUT2D eigenvalue weighted by molar-refractivity contribution is -0.302. The van der Waals surface area contributed by atoms with E-state index < -0.39 is 83.9 Å². The second-order valence-corrected chi connectivity index (χ2v) is 17.3. The van der Waals surface area contributed by atoms with Gasteiger partial charge in [-0.15, -0.1) is 6.58 Å². The van der Waals surface area contributed by atoms with Crippen LogP contribution in [0.25, 0.3) is 0 Å². The number of nitrogens with zero attached hydrogens (tertiary/aromatic N) is 1. The van der Waals surface area contributed by atoms with Crippen LogP contribution >= 0.6 is 0 Å². The molecule has 2 unspecified atom stereocenters. The molecular weight excluding hydrogens is 734 g/mol. The smallest absolute Gasteiger partial charge is 0.329 e. The number of amides is 1. The number of rotatable bonds is 7. The summed E-state index contributed by atoms with van der Waals surface area (Å²) in [6.45, 7) is 13.1. The first kappa shape index (κ1) is 46.9. The molecule has 1 aliphatic carbocycles. The van der Waals surface area contributed by atoms with Crippen LogP contribution < -0.4 is 0 Å². The second-order valence-electron chi connectivity index (χ2n) is 17.3. The van der Waals surface area contributed by atoms with Crippen LogP contribution in [0.5, 0.6) is 0 Å². The third-order valence-electron chi connectivity index (χ3n) is 12.9. The van der Waals surface area contributed by atoms with Gasteiger partial charge in [-0.3, -0.25) is 14.4 Å². The van der Waals surface area contributed by atoms with E-state index in [-0.39, 0.29) is 49.5 Å². The molecule has 3 N–H and O–H groups in total. The van der Waals surface area contributed by atoms with Gasteiger partial charge < -0.3 is 43.9 Å². The van der Waals surface area contributed by atoms with Crippen molar-refractivity contribution in [3.63, 3.8) is 0 Å². The van der Waals surface area contributed by atoms with E-state index in [1.165, 1.54) is 19.1 Å². The third kappa shape index (κ3) is 11.3. The minimum absolute atomic E-state index is 0.00988. The van der Waals surface area contributed by atoms with Crippen LogP contribution in [0.2, 0.25) is 0 Å². The monoisotopic (exact) mass is 803 g/mol. The van der Waals surface area contributed by atoms with Crippen LogP contribution in [-0.4, -0.2) is 126 Å². The normalized spacial score (nSPS) is 41.0. The Morgan fingerprint density at radius 1 is 0.930 bits per heavy atom. The van der Waals surface area contributed by atoms with E-state index in [1.807, 2.05) is 32.9 Å². The molecule has 13 heteroatoms. The fraction of sp³-hybridized carbons (Fsp3) is 0.773. The zero-order valence-corrected chi connectivity index (χ0v) is 35.4. The van der Waals surface area contributed by atoms with Crippen molar-refractivity contribution in [1.82, 2.24) is 4.90 Å². The maximum atomic E-state index is 14.3. The average Bonchev–Trinajstić information content (AvgIpc) is 3.18. The zero-order valence-electron chi connectivity index (χ0n) is 35.4. The van der Waals surface area contributed by atoms with E-state index in [2.05, 4.69) is 6.58 Å². The van der Waals surface area contributed by atoms with Crippen molar-refractivity contribution in [1.29, 1.82) is 0 Å². The molecule has 3 fully saturated rings. The zero-order chi connectivity index (χ0) is 42.2. The number of allylic oxidation sites excluding steroid dienone is 4. The summed E-state index contributed by atoms with van der Waals surface area (Å²) in [6.07, 6.45) is 4.93. The number of hydrogen-bond acceptors (Lipinski definition) is 12. The molecule has 4 aliphatic rings. The van der Waals surface area contributed by atoms with E-state index in [9.17, 15) is 34.5 Å². The minimum Gasteiger partial charge on any atom is -0.456 e. The first-order valence-electron chi connectivity index (χ1n) is 20.9. The van der Waals surface area contributed by atoms with Crippen LogP contribution in [-0.2, 0) is 42.9 Å². The van der Waals surface area contributed by atoms with Gasteiger partial charge in [0.1, 0.15) is 24.0 Å². The largest absolute Gasteiger partial charge is 0.456 e. The fourth-order valence-corrected chi connectivity index (χ4v) is 9.42. The van der Waals surface area contributed by atoms with E-state index in [4.69, 9.17) is 23.7 Å². The number of Topliss-reactive ketones (excluding diaryl/α,β-unsaturated/α-hetero) is 2. The second kappa shape index (κ2) is 21.0. The number of cyclic esters (lactones) is 1. The van der Waals surface area contributed by atoms with Crippen LogP contribution in [0, 0.1) is 29.6 Å². The highest BCUT2D eigenvalue weighted by molar-refractivity contribution is 6.39. The number of ketones is 2. The number of piperidine rings is 1. The molecule has 3 aliphatic heterocycles. The first-order chi connectivity index (χ1) is 27.0. The van der Waals surface area contributed by atoms with Crippen LogP contribution in [0.15, 0.2) is 36.0 Å². The summed E-state index contributed by atoms with van der Waals surface area (Å²) >= 11 is 0. The number of fused-ring (bicyclic) bond motifs is 3. The van der Waals surface area contributed by atoms with E-state index >= 15 is 0 Å². The van der Waals surface area contributed by atoms with Gasteiger partial charge in [0.25, 0.3) is 11.7 Å². The number of carbonyl (C=O) groups is 4.